The Kier molecular flexibility index (Phi) is 7.29. The zero-order valence-electron chi connectivity index (χ0n) is 17.2. The summed E-state index contributed by atoms with van der Waals surface area (Å²) in [6, 6.07) is 7.83. The van der Waals surface area contributed by atoms with E-state index >= 15 is 0 Å². The molecule has 6 heteroatoms. The SMILES string of the molecule is COC(=O)Cc1nc(CC(C)C)c(CN)c(-c2ccc(C)cc2)c1C(=O)OC. The summed E-state index contributed by atoms with van der Waals surface area (Å²) in [6.45, 7) is 6.39. The minimum Gasteiger partial charge on any atom is -0.469 e. The summed E-state index contributed by atoms with van der Waals surface area (Å²) in [7, 11) is 2.62. The third-order valence-electron chi connectivity index (χ3n) is 4.53. The molecule has 0 saturated heterocycles. The van der Waals surface area contributed by atoms with Crippen molar-refractivity contribution < 1.29 is 19.1 Å². The van der Waals surface area contributed by atoms with E-state index < -0.39 is 11.9 Å². The van der Waals surface area contributed by atoms with Crippen molar-refractivity contribution in [2.75, 3.05) is 14.2 Å². The minimum absolute atomic E-state index is 0.115. The van der Waals surface area contributed by atoms with Gasteiger partial charge in [0, 0.05) is 17.8 Å². The lowest BCUT2D eigenvalue weighted by atomic mass is 9.89. The van der Waals surface area contributed by atoms with Crippen LogP contribution in [0.3, 0.4) is 0 Å². The number of hydrogen-bond donors (Lipinski definition) is 1. The molecule has 0 spiro atoms. The van der Waals surface area contributed by atoms with Crippen LogP contribution in [0.15, 0.2) is 24.3 Å². The molecule has 0 aliphatic heterocycles. The van der Waals surface area contributed by atoms with Gasteiger partial charge in [-0.05, 0) is 30.4 Å². The van der Waals surface area contributed by atoms with E-state index in [1.165, 1.54) is 14.2 Å². The summed E-state index contributed by atoms with van der Waals surface area (Å²) in [5.41, 5.74) is 10.9. The second kappa shape index (κ2) is 9.46. The summed E-state index contributed by atoms with van der Waals surface area (Å²) in [5, 5.41) is 0. The van der Waals surface area contributed by atoms with Gasteiger partial charge in [0.25, 0.3) is 0 Å². The summed E-state index contributed by atoms with van der Waals surface area (Å²) in [4.78, 5) is 29.4. The first kappa shape index (κ1) is 21.6. The number of carbonyl (C=O) groups is 2. The lowest BCUT2D eigenvalue weighted by Crippen LogP contribution is -2.20. The summed E-state index contributed by atoms with van der Waals surface area (Å²) in [5.74, 6) is -0.685. The van der Waals surface area contributed by atoms with Crippen molar-refractivity contribution in [3.8, 4) is 11.1 Å². The third kappa shape index (κ3) is 4.75. The number of carbonyl (C=O) groups excluding carboxylic acids is 2. The van der Waals surface area contributed by atoms with Crippen molar-refractivity contribution in [3.05, 3.63) is 52.3 Å². The van der Waals surface area contributed by atoms with Crippen LogP contribution in [0, 0.1) is 12.8 Å². The second-order valence-electron chi connectivity index (χ2n) is 7.15. The Bertz CT molecular complexity index is 858. The average Bonchev–Trinajstić information content (AvgIpc) is 2.67. The van der Waals surface area contributed by atoms with E-state index in [2.05, 4.69) is 18.8 Å². The molecular weight excluding hydrogens is 356 g/mol. The van der Waals surface area contributed by atoms with Crippen LogP contribution >= 0.6 is 0 Å². The molecule has 28 heavy (non-hydrogen) atoms. The van der Waals surface area contributed by atoms with E-state index in [4.69, 9.17) is 15.2 Å². The maximum Gasteiger partial charge on any atom is 0.340 e. The highest BCUT2D eigenvalue weighted by Gasteiger charge is 2.27. The number of pyridine rings is 1. The first-order valence-corrected chi connectivity index (χ1v) is 9.29. The van der Waals surface area contributed by atoms with Gasteiger partial charge < -0.3 is 15.2 Å². The Morgan fingerprint density at radius 2 is 1.71 bits per heavy atom. The highest BCUT2D eigenvalue weighted by molar-refractivity contribution is 6.00. The zero-order chi connectivity index (χ0) is 20.8. The van der Waals surface area contributed by atoms with E-state index in [0.29, 0.717) is 23.6 Å². The van der Waals surface area contributed by atoms with E-state index in [0.717, 1.165) is 22.4 Å². The van der Waals surface area contributed by atoms with E-state index in [9.17, 15) is 9.59 Å². The molecule has 0 saturated carbocycles. The molecule has 150 valence electrons. The molecule has 1 aromatic heterocycles. The van der Waals surface area contributed by atoms with Crippen molar-refractivity contribution in [1.82, 2.24) is 4.98 Å². The van der Waals surface area contributed by atoms with Gasteiger partial charge in [-0.1, -0.05) is 43.7 Å². The number of benzene rings is 1. The van der Waals surface area contributed by atoms with Crippen LogP contribution in [0.1, 0.15) is 46.7 Å². The molecule has 0 bridgehead atoms. The van der Waals surface area contributed by atoms with Crippen molar-refractivity contribution >= 4 is 11.9 Å². The monoisotopic (exact) mass is 384 g/mol. The van der Waals surface area contributed by atoms with Gasteiger partial charge in [0.15, 0.2) is 0 Å². The number of hydrogen-bond acceptors (Lipinski definition) is 6. The highest BCUT2D eigenvalue weighted by atomic mass is 16.5. The molecule has 1 heterocycles. The van der Waals surface area contributed by atoms with Gasteiger partial charge >= 0.3 is 11.9 Å². The van der Waals surface area contributed by atoms with Crippen molar-refractivity contribution in [1.29, 1.82) is 0 Å². The third-order valence-corrected chi connectivity index (χ3v) is 4.53. The fourth-order valence-corrected chi connectivity index (χ4v) is 3.20. The maximum atomic E-state index is 12.7. The molecule has 0 unspecified atom stereocenters. The van der Waals surface area contributed by atoms with Gasteiger partial charge in [-0.15, -0.1) is 0 Å². The number of nitrogens with zero attached hydrogens (tertiary/aromatic N) is 1. The summed E-state index contributed by atoms with van der Waals surface area (Å²) in [6.07, 6.45) is 0.566. The largest absolute Gasteiger partial charge is 0.469 e. The van der Waals surface area contributed by atoms with E-state index in [1.807, 2.05) is 31.2 Å². The number of aromatic nitrogens is 1. The Balaban J connectivity index is 2.88. The van der Waals surface area contributed by atoms with Crippen LogP contribution in [0.25, 0.3) is 11.1 Å². The van der Waals surface area contributed by atoms with Crippen LogP contribution in [0.4, 0.5) is 0 Å². The predicted octanol–water partition coefficient (Wildman–Crippen LogP) is 3.22. The second-order valence-corrected chi connectivity index (χ2v) is 7.15. The van der Waals surface area contributed by atoms with Crippen LogP contribution < -0.4 is 5.73 Å². The molecule has 0 atom stereocenters. The van der Waals surface area contributed by atoms with E-state index in [-0.39, 0.29) is 18.5 Å². The molecule has 0 aliphatic rings. The van der Waals surface area contributed by atoms with Gasteiger partial charge in [0.2, 0.25) is 0 Å². The molecule has 1 aromatic carbocycles. The molecule has 0 amide bonds. The Morgan fingerprint density at radius 3 is 2.21 bits per heavy atom. The number of esters is 2. The van der Waals surface area contributed by atoms with Gasteiger partial charge in [0.05, 0.1) is 31.9 Å². The van der Waals surface area contributed by atoms with Gasteiger partial charge in [0.1, 0.15) is 0 Å². The number of aryl methyl sites for hydroxylation is 1. The minimum atomic E-state index is -0.548. The zero-order valence-corrected chi connectivity index (χ0v) is 17.2. The number of nitrogens with two attached hydrogens (primary N) is 1. The molecule has 0 aliphatic carbocycles. The standard InChI is InChI=1S/C22H28N2O4/c1-13(2)10-17-16(12-23)20(15-8-6-14(3)7-9-15)21(22(26)28-5)18(24-17)11-19(25)27-4/h6-9,13H,10-12,23H2,1-5H3. The lowest BCUT2D eigenvalue weighted by molar-refractivity contribution is -0.139. The van der Waals surface area contributed by atoms with Crippen LogP contribution in [-0.2, 0) is 33.7 Å². The smallest absolute Gasteiger partial charge is 0.340 e. The molecule has 2 N–H and O–H groups in total. The molecule has 2 aromatic rings. The van der Waals surface area contributed by atoms with Crippen LogP contribution in [-0.4, -0.2) is 31.1 Å². The molecule has 0 radical (unpaired) electrons. The highest BCUT2D eigenvalue weighted by Crippen LogP contribution is 2.33. The molecule has 6 nitrogen and oxygen atoms in total. The number of ether oxygens (including phenoxy) is 2. The van der Waals surface area contributed by atoms with Gasteiger partial charge in [-0.25, -0.2) is 4.79 Å². The Labute approximate surface area is 166 Å². The van der Waals surface area contributed by atoms with Crippen LogP contribution in [0.2, 0.25) is 0 Å². The summed E-state index contributed by atoms with van der Waals surface area (Å²) >= 11 is 0. The first-order chi connectivity index (χ1) is 13.3. The maximum absolute atomic E-state index is 12.7. The number of methoxy groups -OCH3 is 2. The normalized spacial score (nSPS) is 10.8. The molecule has 2 rings (SSSR count). The average molecular weight is 384 g/mol. The fourth-order valence-electron chi connectivity index (χ4n) is 3.20. The van der Waals surface area contributed by atoms with Crippen molar-refractivity contribution in [2.45, 2.75) is 40.2 Å². The van der Waals surface area contributed by atoms with Crippen LogP contribution in [0.5, 0.6) is 0 Å². The lowest BCUT2D eigenvalue weighted by Gasteiger charge is -2.21. The molecule has 0 fully saturated rings. The topological polar surface area (TPSA) is 91.5 Å². The number of rotatable bonds is 7. The molecular formula is C22H28N2O4. The summed E-state index contributed by atoms with van der Waals surface area (Å²) < 4.78 is 9.83. The van der Waals surface area contributed by atoms with Gasteiger partial charge in [-0.2, -0.15) is 0 Å². The Hall–Kier alpha value is -2.73. The van der Waals surface area contributed by atoms with E-state index in [1.54, 1.807) is 0 Å². The quantitative estimate of drug-likeness (QED) is 0.737. The predicted molar refractivity (Wildman–Crippen MR) is 108 cm³/mol. The van der Waals surface area contributed by atoms with Crippen molar-refractivity contribution in [3.63, 3.8) is 0 Å². The van der Waals surface area contributed by atoms with Gasteiger partial charge in [-0.3, -0.25) is 9.78 Å². The fraction of sp³-hybridized carbons (Fsp3) is 0.409. The Morgan fingerprint density at radius 1 is 1.07 bits per heavy atom. The first-order valence-electron chi connectivity index (χ1n) is 9.29. The van der Waals surface area contributed by atoms with Crippen molar-refractivity contribution in [2.24, 2.45) is 11.7 Å².